The Kier molecular flexibility index (Phi) is 10.7. The molecule has 1 aliphatic rings. The molecule has 3 unspecified atom stereocenters. The number of nitrogens with one attached hydrogen (secondary N) is 3. The number of rotatable bonds is 13. The number of benzene rings is 3. The summed E-state index contributed by atoms with van der Waals surface area (Å²) in [5, 5.41) is 14.9. The molecule has 5 amide bonds. The van der Waals surface area contributed by atoms with Gasteiger partial charge in [0.05, 0.1) is 27.9 Å². The van der Waals surface area contributed by atoms with Crippen molar-refractivity contribution in [3.63, 3.8) is 0 Å². The molecule has 242 valence electrons. The molecule has 0 bridgehead atoms. The second kappa shape index (κ2) is 14.5. The number of hydrogen-bond donors (Lipinski definition) is 5. The van der Waals surface area contributed by atoms with Crippen LogP contribution >= 0.6 is 0 Å². The predicted octanol–water partition coefficient (Wildman–Crippen LogP) is 2.68. The standard InChI is InChI=1S/C32H34N4O9S/c1-19(2)16-25(26(29(38)35-42)18-36-31(40)23-10-6-7-11-24(23)32(36)41)28(37)34-27(17-20-8-4-3-5-9-20)30(39)33-21-12-14-22(15-13-21)46(43,44)45/h3-15,19,25-27,42H,16-18H2,1-2H3,(H,33,39)(H,34,37)(H,35,38)(H,43,44,45). The molecule has 3 aromatic carbocycles. The Hall–Kier alpha value is -4.92. The second-order valence-corrected chi connectivity index (χ2v) is 12.7. The molecule has 3 aromatic rings. The fraction of sp³-hybridized carbons (Fsp3) is 0.281. The zero-order chi connectivity index (χ0) is 33.6. The van der Waals surface area contributed by atoms with Gasteiger partial charge in [-0.25, -0.2) is 5.48 Å². The first-order valence-corrected chi connectivity index (χ1v) is 15.9. The third-order valence-corrected chi connectivity index (χ3v) is 8.46. The highest BCUT2D eigenvalue weighted by Gasteiger charge is 2.42. The topological polar surface area (TPSA) is 199 Å². The van der Waals surface area contributed by atoms with E-state index >= 15 is 0 Å². The Bertz CT molecular complexity index is 1690. The molecule has 5 N–H and O–H groups in total. The lowest BCUT2D eigenvalue weighted by Crippen LogP contribution is -2.52. The third kappa shape index (κ3) is 8.02. The summed E-state index contributed by atoms with van der Waals surface area (Å²) < 4.78 is 32.1. The summed E-state index contributed by atoms with van der Waals surface area (Å²) in [4.78, 5) is 67.2. The van der Waals surface area contributed by atoms with Crippen molar-refractivity contribution in [3.8, 4) is 0 Å². The summed E-state index contributed by atoms with van der Waals surface area (Å²) in [6.07, 6.45) is 0.134. The lowest BCUT2D eigenvalue weighted by Gasteiger charge is -2.30. The van der Waals surface area contributed by atoms with Crippen LogP contribution in [0, 0.1) is 17.8 Å². The molecule has 0 aromatic heterocycles. The van der Waals surface area contributed by atoms with Gasteiger partial charge in [-0.2, -0.15) is 8.42 Å². The minimum atomic E-state index is -4.45. The number of carbonyl (C=O) groups excluding carboxylic acids is 5. The van der Waals surface area contributed by atoms with E-state index in [1.807, 2.05) is 0 Å². The maximum Gasteiger partial charge on any atom is 0.294 e. The van der Waals surface area contributed by atoms with Crippen molar-refractivity contribution in [2.24, 2.45) is 17.8 Å². The lowest BCUT2D eigenvalue weighted by molar-refractivity contribution is -0.141. The third-order valence-electron chi connectivity index (χ3n) is 7.59. The van der Waals surface area contributed by atoms with E-state index < -0.39 is 64.1 Å². The van der Waals surface area contributed by atoms with Gasteiger partial charge in [0, 0.05) is 18.7 Å². The van der Waals surface area contributed by atoms with E-state index in [9.17, 15) is 42.2 Å². The van der Waals surface area contributed by atoms with Crippen molar-refractivity contribution in [3.05, 3.63) is 95.6 Å². The molecular weight excluding hydrogens is 616 g/mol. The average molecular weight is 651 g/mol. The smallest absolute Gasteiger partial charge is 0.294 e. The molecule has 0 radical (unpaired) electrons. The van der Waals surface area contributed by atoms with Gasteiger partial charge in [-0.05, 0) is 54.3 Å². The molecule has 46 heavy (non-hydrogen) atoms. The lowest BCUT2D eigenvalue weighted by atomic mass is 9.83. The first kappa shape index (κ1) is 34.0. The largest absolute Gasteiger partial charge is 0.344 e. The Labute approximate surface area is 265 Å². The van der Waals surface area contributed by atoms with E-state index in [4.69, 9.17) is 0 Å². The summed E-state index contributed by atoms with van der Waals surface area (Å²) in [6.45, 7) is 3.11. The van der Waals surface area contributed by atoms with E-state index in [2.05, 4.69) is 10.6 Å². The molecule has 3 atom stereocenters. The zero-order valence-corrected chi connectivity index (χ0v) is 25.9. The number of carbonyl (C=O) groups is 5. The number of amides is 5. The highest BCUT2D eigenvalue weighted by atomic mass is 32.2. The van der Waals surface area contributed by atoms with Crippen LogP contribution in [0.3, 0.4) is 0 Å². The van der Waals surface area contributed by atoms with Crippen LogP contribution in [-0.2, 0) is 30.9 Å². The van der Waals surface area contributed by atoms with Crippen LogP contribution in [0.1, 0.15) is 46.5 Å². The Balaban J connectivity index is 1.62. The molecule has 0 aliphatic carbocycles. The van der Waals surface area contributed by atoms with Crippen LogP contribution in [0.2, 0.25) is 0 Å². The molecule has 14 heteroatoms. The van der Waals surface area contributed by atoms with E-state index in [0.29, 0.717) is 5.56 Å². The van der Waals surface area contributed by atoms with E-state index in [-0.39, 0.29) is 40.5 Å². The van der Waals surface area contributed by atoms with Crippen LogP contribution < -0.4 is 16.1 Å². The van der Waals surface area contributed by atoms with Crippen LogP contribution in [0.4, 0.5) is 5.69 Å². The van der Waals surface area contributed by atoms with E-state index in [1.165, 1.54) is 24.3 Å². The molecule has 1 heterocycles. The summed E-state index contributed by atoms with van der Waals surface area (Å²) in [5.74, 6) is -6.36. The number of hydrogen-bond acceptors (Lipinski definition) is 8. The Morgan fingerprint density at radius 2 is 1.35 bits per heavy atom. The van der Waals surface area contributed by atoms with Crippen molar-refractivity contribution in [1.82, 2.24) is 15.7 Å². The number of fused-ring (bicyclic) bond motifs is 1. The first-order chi connectivity index (χ1) is 21.8. The summed E-state index contributed by atoms with van der Waals surface area (Å²) in [5.41, 5.74) is 2.75. The van der Waals surface area contributed by atoms with Gasteiger partial charge in [0.25, 0.3) is 21.9 Å². The number of imide groups is 1. The SMILES string of the molecule is CC(C)CC(C(=O)NC(Cc1ccccc1)C(=O)Nc1ccc(S(=O)(=O)O)cc1)C(CN1C(=O)c2ccccc2C1=O)C(=O)NO. The van der Waals surface area contributed by atoms with Gasteiger partial charge in [-0.15, -0.1) is 0 Å². The number of anilines is 1. The molecule has 4 rings (SSSR count). The van der Waals surface area contributed by atoms with Crippen LogP contribution in [0.5, 0.6) is 0 Å². The summed E-state index contributed by atoms with van der Waals surface area (Å²) >= 11 is 0. The second-order valence-electron chi connectivity index (χ2n) is 11.3. The maximum atomic E-state index is 14.0. The minimum Gasteiger partial charge on any atom is -0.344 e. The molecule has 0 fully saturated rings. The van der Waals surface area contributed by atoms with Gasteiger partial charge in [-0.3, -0.25) is 38.6 Å². The van der Waals surface area contributed by atoms with Crippen molar-refractivity contribution in [2.45, 2.75) is 37.6 Å². The minimum absolute atomic E-state index is 0.0329. The first-order valence-electron chi connectivity index (χ1n) is 14.4. The fourth-order valence-corrected chi connectivity index (χ4v) is 5.80. The van der Waals surface area contributed by atoms with Crippen LogP contribution in [0.15, 0.2) is 83.8 Å². The normalized spacial score (nSPS) is 14.8. The zero-order valence-electron chi connectivity index (χ0n) is 25.0. The van der Waals surface area contributed by atoms with Gasteiger partial charge in [0.15, 0.2) is 0 Å². The maximum absolute atomic E-state index is 14.0. The Morgan fingerprint density at radius 3 is 1.87 bits per heavy atom. The number of hydroxylamine groups is 1. The van der Waals surface area contributed by atoms with Gasteiger partial charge < -0.3 is 10.6 Å². The Morgan fingerprint density at radius 1 is 0.783 bits per heavy atom. The monoisotopic (exact) mass is 650 g/mol. The fourth-order valence-electron chi connectivity index (χ4n) is 5.32. The summed E-state index contributed by atoms with van der Waals surface area (Å²) in [7, 11) is -4.45. The van der Waals surface area contributed by atoms with Crippen LogP contribution in [0.25, 0.3) is 0 Å². The van der Waals surface area contributed by atoms with Gasteiger partial charge >= 0.3 is 0 Å². The van der Waals surface area contributed by atoms with Gasteiger partial charge in [0.1, 0.15) is 6.04 Å². The van der Waals surface area contributed by atoms with E-state index in [1.54, 1.807) is 61.8 Å². The van der Waals surface area contributed by atoms with Gasteiger partial charge in [0.2, 0.25) is 17.7 Å². The van der Waals surface area contributed by atoms with Crippen molar-refractivity contribution in [2.75, 3.05) is 11.9 Å². The van der Waals surface area contributed by atoms with Crippen LogP contribution in [-0.4, -0.2) is 65.2 Å². The molecule has 0 spiro atoms. The predicted molar refractivity (Wildman–Crippen MR) is 165 cm³/mol. The summed E-state index contributed by atoms with van der Waals surface area (Å²) in [6, 6.07) is 18.5. The molecule has 13 nitrogen and oxygen atoms in total. The molecule has 0 saturated carbocycles. The highest BCUT2D eigenvalue weighted by Crippen LogP contribution is 2.28. The molecular formula is C32H34N4O9S. The highest BCUT2D eigenvalue weighted by molar-refractivity contribution is 7.85. The molecule has 1 aliphatic heterocycles. The number of nitrogens with zero attached hydrogens (tertiary/aromatic N) is 1. The van der Waals surface area contributed by atoms with E-state index in [0.717, 1.165) is 17.0 Å². The average Bonchev–Trinajstić information content (AvgIpc) is 3.26. The molecule has 0 saturated heterocycles. The van der Waals surface area contributed by atoms with Gasteiger partial charge in [-0.1, -0.05) is 56.3 Å². The van der Waals surface area contributed by atoms with Crippen molar-refractivity contribution < 1.29 is 42.2 Å². The quantitative estimate of drug-likeness (QED) is 0.0799. The van der Waals surface area contributed by atoms with Crippen molar-refractivity contribution in [1.29, 1.82) is 0 Å². The van der Waals surface area contributed by atoms with Crippen molar-refractivity contribution >= 4 is 45.3 Å².